The number of fused-ring (bicyclic) bond motifs is 2. The summed E-state index contributed by atoms with van der Waals surface area (Å²) in [7, 11) is 0. The van der Waals surface area contributed by atoms with Crippen molar-refractivity contribution in [2.24, 2.45) is 10.2 Å². The molecule has 0 saturated carbocycles. The molecule has 1 atom stereocenters. The van der Waals surface area contributed by atoms with E-state index in [1.54, 1.807) is 6.92 Å². The van der Waals surface area contributed by atoms with Crippen LogP contribution < -0.4 is 10.0 Å². The summed E-state index contributed by atoms with van der Waals surface area (Å²) >= 11 is 1.44. The van der Waals surface area contributed by atoms with Gasteiger partial charge in [0.15, 0.2) is 10.8 Å². The highest BCUT2D eigenvalue weighted by Gasteiger charge is 2.55. The van der Waals surface area contributed by atoms with E-state index in [0.717, 1.165) is 39.3 Å². The van der Waals surface area contributed by atoms with Gasteiger partial charge in [-0.2, -0.15) is 10.2 Å². The van der Waals surface area contributed by atoms with Gasteiger partial charge in [-0.05, 0) is 54.4 Å². The van der Waals surface area contributed by atoms with Crippen LogP contribution in [0.1, 0.15) is 54.5 Å². The Kier molecular flexibility index (Phi) is 6.35. The predicted molar refractivity (Wildman–Crippen MR) is 163 cm³/mol. The van der Waals surface area contributed by atoms with E-state index in [9.17, 15) is 4.79 Å². The first-order valence-electron chi connectivity index (χ1n) is 13.2. The van der Waals surface area contributed by atoms with Crippen molar-refractivity contribution < 1.29 is 4.79 Å². The van der Waals surface area contributed by atoms with Crippen LogP contribution in [0, 0.1) is 6.92 Å². The number of nitrogens with zero attached hydrogens (tertiary/aromatic N) is 4. The molecule has 0 aromatic heterocycles. The Bertz CT molecular complexity index is 1590. The molecule has 2 heterocycles. The van der Waals surface area contributed by atoms with E-state index in [2.05, 4.69) is 93.6 Å². The van der Waals surface area contributed by atoms with Gasteiger partial charge in [0.05, 0.1) is 17.1 Å². The summed E-state index contributed by atoms with van der Waals surface area (Å²) in [6.45, 7) is 8.04. The lowest BCUT2D eigenvalue weighted by atomic mass is 9.92. The number of anilines is 2. The Morgan fingerprint density at radius 2 is 1.38 bits per heavy atom. The van der Waals surface area contributed by atoms with Gasteiger partial charge in [0, 0.05) is 23.6 Å². The van der Waals surface area contributed by atoms with Crippen molar-refractivity contribution >= 4 is 39.7 Å². The average Bonchev–Trinajstić information content (AvgIpc) is 3.36. The van der Waals surface area contributed by atoms with Gasteiger partial charge in [-0.15, -0.1) is 0 Å². The fraction of sp³-hybridized carbons (Fsp3) is 0.182. The number of aryl methyl sites for hydroxylation is 1. The Morgan fingerprint density at radius 3 is 2.05 bits per heavy atom. The fourth-order valence-electron chi connectivity index (χ4n) is 5.07. The van der Waals surface area contributed by atoms with E-state index in [-0.39, 0.29) is 5.78 Å². The van der Waals surface area contributed by atoms with Gasteiger partial charge in [0.25, 0.3) is 0 Å². The number of carbonyl (C=O) groups excluding carboxylic acids is 1. The molecule has 0 N–H and O–H groups in total. The first-order chi connectivity index (χ1) is 18.9. The van der Waals surface area contributed by atoms with E-state index in [1.807, 2.05) is 40.3 Å². The van der Waals surface area contributed by atoms with Crippen LogP contribution in [0.5, 0.6) is 0 Å². The Morgan fingerprint density at radius 1 is 0.769 bits per heavy atom. The molecule has 0 bridgehead atoms. The lowest BCUT2D eigenvalue weighted by molar-refractivity contribution is -0.110. The van der Waals surface area contributed by atoms with Gasteiger partial charge in [-0.25, -0.2) is 10.0 Å². The maximum absolute atomic E-state index is 12.8. The Balaban J connectivity index is 1.62. The van der Waals surface area contributed by atoms with Crippen LogP contribution in [-0.4, -0.2) is 16.5 Å². The number of Topliss-reactive ketones (excluding diaryl/α,β-unsaturated/α-hetero) is 1. The van der Waals surface area contributed by atoms with Crippen molar-refractivity contribution in [1.82, 2.24) is 0 Å². The minimum absolute atomic E-state index is 0.0708. The molecule has 0 fully saturated rings. The highest BCUT2D eigenvalue weighted by atomic mass is 32.2. The second-order valence-corrected chi connectivity index (χ2v) is 11.4. The smallest absolute Gasteiger partial charge is 0.234 e. The van der Waals surface area contributed by atoms with Gasteiger partial charge in [-0.1, -0.05) is 98.3 Å². The molecule has 2 aliphatic heterocycles. The molecule has 0 saturated heterocycles. The summed E-state index contributed by atoms with van der Waals surface area (Å²) in [5.41, 5.74) is 8.22. The van der Waals surface area contributed by atoms with Crippen molar-refractivity contribution in [3.05, 3.63) is 131 Å². The number of carbonyl (C=O) groups is 1. The van der Waals surface area contributed by atoms with Crippen LogP contribution in [0.2, 0.25) is 0 Å². The van der Waals surface area contributed by atoms with Gasteiger partial charge in [0.1, 0.15) is 0 Å². The number of hydrazone groups is 2. The number of hydrogen-bond donors (Lipinski definition) is 0. The molecule has 0 unspecified atom stereocenters. The van der Waals surface area contributed by atoms with E-state index >= 15 is 0 Å². The second-order valence-electron chi connectivity index (χ2n) is 10.2. The number of hydrogen-bond acceptors (Lipinski definition) is 6. The van der Waals surface area contributed by atoms with Gasteiger partial charge in [-0.3, -0.25) is 4.79 Å². The second kappa shape index (κ2) is 9.86. The normalized spacial score (nSPS) is 18.3. The molecule has 0 amide bonds. The highest BCUT2D eigenvalue weighted by Crippen LogP contribution is 2.55. The minimum Gasteiger partial charge on any atom is -0.292 e. The van der Waals surface area contributed by atoms with Crippen LogP contribution in [0.25, 0.3) is 0 Å². The predicted octanol–water partition coefficient (Wildman–Crippen LogP) is 7.66. The van der Waals surface area contributed by atoms with Gasteiger partial charge < -0.3 is 0 Å². The number of thioether (sulfide) groups is 1. The molecular formula is C33H30N4OS. The maximum atomic E-state index is 12.8. The zero-order valence-corrected chi connectivity index (χ0v) is 23.3. The molecule has 4 aromatic carbocycles. The summed E-state index contributed by atoms with van der Waals surface area (Å²) in [5.74, 6) is 0.377. The molecule has 0 radical (unpaired) electrons. The topological polar surface area (TPSA) is 48.3 Å². The van der Waals surface area contributed by atoms with Crippen molar-refractivity contribution in [3.8, 4) is 0 Å². The Hall–Kier alpha value is -4.16. The number of para-hydroxylation sites is 1. The summed E-state index contributed by atoms with van der Waals surface area (Å²) in [6.07, 6.45) is 0. The molecule has 4 aromatic rings. The molecule has 6 heteroatoms. The summed E-state index contributed by atoms with van der Waals surface area (Å²) in [6, 6.07) is 35.4. The fourth-order valence-corrected chi connectivity index (χ4v) is 6.36. The minimum atomic E-state index is -0.935. The van der Waals surface area contributed by atoms with Crippen molar-refractivity contribution in [2.45, 2.75) is 38.6 Å². The molecule has 1 spiro atoms. The quantitative estimate of drug-likeness (QED) is 0.266. The van der Waals surface area contributed by atoms with Crippen LogP contribution in [0.15, 0.2) is 113 Å². The van der Waals surface area contributed by atoms with Crippen molar-refractivity contribution in [1.29, 1.82) is 0 Å². The SMILES string of the molecule is CC(=O)C1=NN(c2ccc(C)cc2)[C@@]2(S1)c1ccccc1C(c1ccc(C(C)C)cc1)=NN2c1ccccc1. The van der Waals surface area contributed by atoms with Crippen LogP contribution >= 0.6 is 11.8 Å². The van der Waals surface area contributed by atoms with Gasteiger partial charge >= 0.3 is 0 Å². The highest BCUT2D eigenvalue weighted by molar-refractivity contribution is 8.17. The first-order valence-corrected chi connectivity index (χ1v) is 14.0. The standard InChI is InChI=1S/C33H30N4OS/c1-22(2)25-16-18-26(19-17-25)31-29-12-8-9-13-30(29)33(36(34-31)27-10-6-5-7-11-27)37(35-32(39-33)24(4)38)28-20-14-23(3)15-21-28/h5-22H,1-4H3/t33-/m1/s1. The third-order valence-electron chi connectivity index (χ3n) is 7.17. The first kappa shape index (κ1) is 25.1. The third-order valence-corrected chi connectivity index (χ3v) is 8.58. The molecule has 5 nitrogen and oxygen atoms in total. The summed E-state index contributed by atoms with van der Waals surface area (Å²) in [4.78, 5) is 11.9. The zero-order chi connectivity index (χ0) is 27.1. The zero-order valence-electron chi connectivity index (χ0n) is 22.5. The summed E-state index contributed by atoms with van der Waals surface area (Å²) in [5, 5.41) is 14.7. The summed E-state index contributed by atoms with van der Waals surface area (Å²) < 4.78 is 0. The molecule has 39 heavy (non-hydrogen) atoms. The van der Waals surface area contributed by atoms with E-state index in [0.29, 0.717) is 11.0 Å². The number of benzene rings is 4. The molecule has 0 aliphatic carbocycles. The lowest BCUT2D eigenvalue weighted by Gasteiger charge is -2.47. The van der Waals surface area contributed by atoms with E-state index in [4.69, 9.17) is 10.2 Å². The monoisotopic (exact) mass is 530 g/mol. The Labute approximate surface area is 233 Å². The van der Waals surface area contributed by atoms with Crippen LogP contribution in [0.3, 0.4) is 0 Å². The number of rotatable bonds is 5. The maximum Gasteiger partial charge on any atom is 0.234 e. The van der Waals surface area contributed by atoms with Crippen molar-refractivity contribution in [2.75, 3.05) is 10.0 Å². The van der Waals surface area contributed by atoms with Gasteiger partial charge in [0.2, 0.25) is 4.99 Å². The molecule has 6 rings (SSSR count). The average molecular weight is 531 g/mol. The van der Waals surface area contributed by atoms with Crippen LogP contribution in [0.4, 0.5) is 11.4 Å². The third kappa shape index (κ3) is 4.25. The number of ketones is 1. The van der Waals surface area contributed by atoms with Crippen LogP contribution in [-0.2, 0) is 9.79 Å². The molecule has 194 valence electrons. The largest absolute Gasteiger partial charge is 0.292 e. The van der Waals surface area contributed by atoms with Crippen molar-refractivity contribution in [3.63, 3.8) is 0 Å². The lowest BCUT2D eigenvalue weighted by Crippen LogP contribution is -2.54. The van der Waals surface area contributed by atoms with E-state index in [1.165, 1.54) is 17.3 Å². The molecular weight excluding hydrogens is 500 g/mol. The van der Waals surface area contributed by atoms with E-state index < -0.39 is 4.99 Å². The molecule has 2 aliphatic rings.